The van der Waals surface area contributed by atoms with Crippen LogP contribution < -0.4 is 10.6 Å². The van der Waals surface area contributed by atoms with E-state index in [-0.39, 0.29) is 11.9 Å². The molecule has 0 aliphatic carbocycles. The molecule has 8 heteroatoms. The number of carbonyl (C=O) groups excluding carboxylic acids is 1. The smallest absolute Gasteiger partial charge is 0.238 e. The van der Waals surface area contributed by atoms with Crippen molar-refractivity contribution in [2.45, 2.75) is 6.04 Å². The van der Waals surface area contributed by atoms with Crippen molar-refractivity contribution in [3.8, 4) is 0 Å². The molecule has 2 N–H and O–H groups in total. The van der Waals surface area contributed by atoms with Crippen LogP contribution in [0.15, 0.2) is 42.7 Å². The highest BCUT2D eigenvalue weighted by Gasteiger charge is 2.25. The zero-order chi connectivity index (χ0) is 17.1. The Balaban J connectivity index is 1.48. The van der Waals surface area contributed by atoms with Gasteiger partial charge in [0.2, 0.25) is 5.91 Å². The second-order valence-electron chi connectivity index (χ2n) is 5.96. The van der Waals surface area contributed by atoms with Gasteiger partial charge in [0.15, 0.2) is 0 Å². The average Bonchev–Trinajstić information content (AvgIpc) is 3.13. The number of amides is 1. The number of hydrogen-bond acceptors (Lipinski definition) is 7. The highest BCUT2D eigenvalue weighted by atomic mass is 32.1. The summed E-state index contributed by atoms with van der Waals surface area (Å²) in [5.41, 5.74) is 3.43. The second kappa shape index (κ2) is 7.22. The molecule has 1 aliphatic rings. The van der Waals surface area contributed by atoms with Crippen LogP contribution in [0.5, 0.6) is 0 Å². The molecule has 3 aromatic rings. The van der Waals surface area contributed by atoms with Gasteiger partial charge in [-0.05, 0) is 29.8 Å². The van der Waals surface area contributed by atoms with E-state index in [1.54, 1.807) is 12.4 Å². The Morgan fingerprint density at radius 1 is 1.28 bits per heavy atom. The quantitative estimate of drug-likeness (QED) is 0.742. The minimum atomic E-state index is -0.0403. The van der Waals surface area contributed by atoms with Crippen LogP contribution in [0.4, 0.5) is 5.69 Å². The number of nitrogens with one attached hydrogen (secondary N) is 2. The van der Waals surface area contributed by atoms with Gasteiger partial charge in [0.25, 0.3) is 0 Å². The first kappa shape index (κ1) is 16.1. The first-order chi connectivity index (χ1) is 12.3. The van der Waals surface area contributed by atoms with Gasteiger partial charge in [-0.1, -0.05) is 6.07 Å². The number of piperazine rings is 1. The molecule has 1 fully saturated rings. The molecule has 0 radical (unpaired) electrons. The lowest BCUT2D eigenvalue weighted by Gasteiger charge is -2.35. The van der Waals surface area contributed by atoms with E-state index in [1.165, 1.54) is 5.56 Å². The average molecular weight is 354 g/mol. The summed E-state index contributed by atoms with van der Waals surface area (Å²) in [4.78, 5) is 18.9. The van der Waals surface area contributed by atoms with Crippen molar-refractivity contribution in [1.29, 1.82) is 0 Å². The second-order valence-corrected chi connectivity index (χ2v) is 6.49. The van der Waals surface area contributed by atoms with Crippen LogP contribution in [0.3, 0.4) is 0 Å². The van der Waals surface area contributed by atoms with Crippen molar-refractivity contribution in [2.75, 3.05) is 31.5 Å². The number of pyridine rings is 1. The van der Waals surface area contributed by atoms with Crippen LogP contribution in [0.25, 0.3) is 11.0 Å². The zero-order valence-electron chi connectivity index (χ0n) is 13.6. The van der Waals surface area contributed by atoms with Gasteiger partial charge >= 0.3 is 0 Å². The molecule has 0 saturated carbocycles. The number of hydrogen-bond donors (Lipinski definition) is 2. The predicted octanol–water partition coefficient (Wildman–Crippen LogP) is 1.67. The summed E-state index contributed by atoms with van der Waals surface area (Å²) < 4.78 is 8.48. The topological polar surface area (TPSA) is 83.0 Å². The maximum absolute atomic E-state index is 12.6. The first-order valence-corrected chi connectivity index (χ1v) is 8.90. The van der Waals surface area contributed by atoms with Gasteiger partial charge in [0.1, 0.15) is 11.0 Å². The van der Waals surface area contributed by atoms with Gasteiger partial charge in [-0.15, -0.1) is 0 Å². The van der Waals surface area contributed by atoms with Crippen LogP contribution in [0.2, 0.25) is 0 Å². The molecule has 1 amide bonds. The number of anilines is 1. The van der Waals surface area contributed by atoms with Crippen LogP contribution in [-0.2, 0) is 4.79 Å². The lowest BCUT2D eigenvalue weighted by molar-refractivity contribution is -0.118. The van der Waals surface area contributed by atoms with Gasteiger partial charge in [-0.3, -0.25) is 14.7 Å². The van der Waals surface area contributed by atoms with Crippen LogP contribution >= 0.6 is 11.7 Å². The summed E-state index contributed by atoms with van der Waals surface area (Å²) in [5, 5.41) is 6.38. The summed E-state index contributed by atoms with van der Waals surface area (Å²) in [6.07, 6.45) is 3.58. The third-order valence-electron chi connectivity index (χ3n) is 4.35. The Labute approximate surface area is 149 Å². The maximum atomic E-state index is 12.6. The van der Waals surface area contributed by atoms with Crippen LogP contribution in [0, 0.1) is 0 Å². The molecule has 128 valence electrons. The predicted molar refractivity (Wildman–Crippen MR) is 97.5 cm³/mol. The molecular formula is C17H18N6OS. The number of nitrogens with zero attached hydrogens (tertiary/aromatic N) is 4. The highest BCUT2D eigenvalue weighted by molar-refractivity contribution is 7.00. The fourth-order valence-electron chi connectivity index (χ4n) is 3.13. The van der Waals surface area contributed by atoms with Gasteiger partial charge in [0, 0.05) is 38.1 Å². The van der Waals surface area contributed by atoms with E-state index in [0.717, 1.165) is 42.4 Å². The Morgan fingerprint density at radius 3 is 3.04 bits per heavy atom. The number of carbonyl (C=O) groups is 1. The van der Waals surface area contributed by atoms with Crippen molar-refractivity contribution in [2.24, 2.45) is 0 Å². The number of aromatic nitrogens is 3. The molecule has 1 aliphatic heterocycles. The Bertz CT molecular complexity index is 868. The van der Waals surface area contributed by atoms with E-state index < -0.39 is 0 Å². The molecule has 1 unspecified atom stereocenters. The molecular weight excluding hydrogens is 336 g/mol. The van der Waals surface area contributed by atoms with E-state index in [1.807, 2.05) is 30.3 Å². The van der Waals surface area contributed by atoms with Crippen molar-refractivity contribution < 1.29 is 4.79 Å². The molecule has 1 aromatic carbocycles. The molecule has 2 aromatic heterocycles. The summed E-state index contributed by atoms with van der Waals surface area (Å²) in [7, 11) is 0. The lowest BCUT2D eigenvalue weighted by atomic mass is 10.0. The number of fused-ring (bicyclic) bond motifs is 1. The molecule has 7 nitrogen and oxygen atoms in total. The lowest BCUT2D eigenvalue weighted by Crippen LogP contribution is -2.48. The monoisotopic (exact) mass is 354 g/mol. The molecule has 1 atom stereocenters. The normalized spacial score (nSPS) is 18.3. The minimum Gasteiger partial charge on any atom is -0.323 e. The van der Waals surface area contributed by atoms with Crippen molar-refractivity contribution in [3.05, 3.63) is 48.3 Å². The van der Waals surface area contributed by atoms with Gasteiger partial charge in [-0.2, -0.15) is 8.75 Å². The maximum Gasteiger partial charge on any atom is 0.238 e. The van der Waals surface area contributed by atoms with Gasteiger partial charge in [0.05, 0.1) is 24.0 Å². The molecule has 25 heavy (non-hydrogen) atoms. The van der Waals surface area contributed by atoms with E-state index in [2.05, 4.69) is 29.3 Å². The molecule has 1 saturated heterocycles. The first-order valence-electron chi connectivity index (χ1n) is 8.17. The third kappa shape index (κ3) is 3.51. The number of benzene rings is 1. The van der Waals surface area contributed by atoms with Crippen LogP contribution in [0.1, 0.15) is 11.6 Å². The Morgan fingerprint density at radius 2 is 2.16 bits per heavy atom. The highest BCUT2D eigenvalue weighted by Crippen LogP contribution is 2.23. The largest absolute Gasteiger partial charge is 0.323 e. The van der Waals surface area contributed by atoms with E-state index >= 15 is 0 Å². The SMILES string of the molecule is O=C(CN1CCNCC1c1ccncc1)Nc1cccc2nsnc12. The summed E-state index contributed by atoms with van der Waals surface area (Å²) in [5.74, 6) is -0.0403. The molecule has 0 spiro atoms. The third-order valence-corrected chi connectivity index (χ3v) is 4.89. The summed E-state index contributed by atoms with van der Waals surface area (Å²) >= 11 is 1.15. The van der Waals surface area contributed by atoms with Crippen molar-refractivity contribution in [3.63, 3.8) is 0 Å². The summed E-state index contributed by atoms with van der Waals surface area (Å²) in [6.45, 7) is 2.86. The van der Waals surface area contributed by atoms with Crippen molar-refractivity contribution in [1.82, 2.24) is 23.9 Å². The fourth-order valence-corrected chi connectivity index (χ4v) is 3.68. The fraction of sp³-hybridized carbons (Fsp3) is 0.294. The van der Waals surface area contributed by atoms with Gasteiger partial charge < -0.3 is 10.6 Å². The number of rotatable bonds is 4. The van der Waals surface area contributed by atoms with Gasteiger partial charge in [-0.25, -0.2) is 0 Å². The standard InChI is InChI=1S/C17H18N6OS/c24-16(20-13-2-1-3-14-17(13)22-25-21-14)11-23-9-8-19-10-15(23)12-4-6-18-7-5-12/h1-7,15,19H,8-11H2,(H,20,24). The molecule has 4 rings (SSSR count). The zero-order valence-corrected chi connectivity index (χ0v) is 14.4. The molecule has 0 bridgehead atoms. The van der Waals surface area contributed by atoms with E-state index in [9.17, 15) is 4.79 Å². The molecule has 3 heterocycles. The summed E-state index contributed by atoms with van der Waals surface area (Å²) in [6, 6.07) is 9.81. The van der Waals surface area contributed by atoms with Crippen molar-refractivity contribution >= 4 is 34.4 Å². The Kier molecular flexibility index (Phi) is 4.64. The van der Waals surface area contributed by atoms with E-state index in [4.69, 9.17) is 0 Å². The Hall–Kier alpha value is -2.42. The van der Waals surface area contributed by atoms with Crippen LogP contribution in [-0.4, -0.2) is 50.7 Å². The van der Waals surface area contributed by atoms with E-state index in [0.29, 0.717) is 12.2 Å². The minimum absolute atomic E-state index is 0.0403.